The molecule has 498 valence electrons. The minimum absolute atomic E-state index is 0.0560. The Morgan fingerprint density at radius 2 is 0.956 bits per heavy atom. The van der Waals surface area contributed by atoms with Crippen molar-refractivity contribution in [3.8, 4) is 22.5 Å². The molecule has 2 saturated heterocycles. The molecule has 2 saturated carbocycles. The highest BCUT2D eigenvalue weighted by Gasteiger charge is 2.54. The summed E-state index contributed by atoms with van der Waals surface area (Å²) in [5.41, 5.74) is 14.2. The maximum atomic E-state index is 14.2. The Morgan fingerprint density at radius 3 is 1.31 bits per heavy atom. The molecular weight excluding hydrogens is 1240 g/mol. The number of carbonyl (C=O) groups is 9. The third-order valence-corrected chi connectivity index (χ3v) is 17.7. The smallest absolute Gasteiger partial charge is 0.444 e. The van der Waals surface area contributed by atoms with Crippen LogP contribution in [0.2, 0.25) is 0 Å². The lowest BCUT2D eigenvalue weighted by Gasteiger charge is -2.36. The second kappa shape index (κ2) is 32.0. The highest BCUT2D eigenvalue weighted by molar-refractivity contribution is 7.20. The number of hydrogen-bond acceptors (Lipinski definition) is 17. The second-order valence-corrected chi connectivity index (χ2v) is 25.8. The van der Waals surface area contributed by atoms with E-state index in [0.29, 0.717) is 64.0 Å². The molecule has 4 aliphatic rings. The number of nitrogens with one attached hydrogen (secondary N) is 5. The van der Waals surface area contributed by atoms with E-state index in [2.05, 4.69) is 36.6 Å². The zero-order valence-corrected chi connectivity index (χ0v) is 53.4. The van der Waals surface area contributed by atoms with Gasteiger partial charge in [-0.25, -0.2) is 14.8 Å². The van der Waals surface area contributed by atoms with Gasteiger partial charge in [-0.05, 0) is 105 Å². The van der Waals surface area contributed by atoms with Gasteiger partial charge in [0.1, 0.15) is 57.2 Å². The van der Waals surface area contributed by atoms with Crippen LogP contribution < -0.4 is 38.1 Å². The van der Waals surface area contributed by atoms with Gasteiger partial charge < -0.3 is 52.6 Å². The summed E-state index contributed by atoms with van der Waals surface area (Å²) in [7, 11) is 3.23. The molecule has 4 aromatic rings. The first-order valence-corrected chi connectivity index (χ1v) is 31.8. The summed E-state index contributed by atoms with van der Waals surface area (Å²) < 4.78 is 72.4. The van der Waals surface area contributed by atoms with E-state index in [1.165, 1.54) is 34.6 Å². The van der Waals surface area contributed by atoms with E-state index >= 15 is 0 Å². The Kier molecular flexibility index (Phi) is 25.5. The Bertz CT molecular complexity index is 3160. The van der Waals surface area contributed by atoms with Crippen LogP contribution in [0.5, 0.6) is 0 Å². The number of rotatable bonds is 17. The number of alkyl halides is 6. The lowest BCUT2D eigenvalue weighted by molar-refractivity contribution is -0.193. The number of Topliss-reactive ketones (excluding diaryl/α,β-unsaturated/α-hetero) is 2. The molecule has 6 atom stereocenters. The number of nitrogens with zero attached hydrogens (tertiary/aromatic N) is 5. The van der Waals surface area contributed by atoms with Gasteiger partial charge in [-0.2, -0.15) is 26.3 Å². The van der Waals surface area contributed by atoms with Crippen LogP contribution in [0.4, 0.5) is 51.4 Å². The summed E-state index contributed by atoms with van der Waals surface area (Å²) in [6, 6.07) is 15.0. The van der Waals surface area contributed by atoms with Crippen molar-refractivity contribution >= 4 is 96.0 Å². The third kappa shape index (κ3) is 19.9. The van der Waals surface area contributed by atoms with Crippen LogP contribution in [0.25, 0.3) is 22.5 Å². The predicted octanol–water partition coefficient (Wildman–Crippen LogP) is 8.89. The first-order valence-electron chi connectivity index (χ1n) is 30.1. The van der Waals surface area contributed by atoms with Crippen LogP contribution >= 0.6 is 22.7 Å². The number of aromatic nitrogens is 2. The maximum absolute atomic E-state index is 14.2. The molecule has 22 nitrogen and oxygen atoms in total. The lowest BCUT2D eigenvalue weighted by atomic mass is 9.83. The molecule has 9 N–H and O–H groups in total. The van der Waals surface area contributed by atoms with Gasteiger partial charge in [-0.1, -0.05) is 122 Å². The molecule has 30 heteroatoms. The Labute approximate surface area is 531 Å². The molecule has 8 rings (SSSR count). The van der Waals surface area contributed by atoms with Crippen molar-refractivity contribution in [3.63, 3.8) is 0 Å². The molecular formula is C61H80F6N12O10S2. The summed E-state index contributed by atoms with van der Waals surface area (Å²) >= 11 is 2.40. The predicted molar refractivity (Wildman–Crippen MR) is 332 cm³/mol. The molecule has 7 amide bonds. The first-order chi connectivity index (χ1) is 42.8. The van der Waals surface area contributed by atoms with Crippen molar-refractivity contribution < 1.29 is 74.2 Å². The van der Waals surface area contributed by atoms with E-state index in [0.717, 1.165) is 81.8 Å². The number of hydrogen-bond donors (Lipinski definition) is 7. The van der Waals surface area contributed by atoms with Gasteiger partial charge in [-0.3, -0.25) is 43.3 Å². The van der Waals surface area contributed by atoms with Crippen molar-refractivity contribution in [1.82, 2.24) is 40.6 Å². The minimum atomic E-state index is -5.77. The van der Waals surface area contributed by atoms with Gasteiger partial charge in [0, 0.05) is 31.3 Å². The van der Waals surface area contributed by atoms with E-state index in [1.54, 1.807) is 51.5 Å². The van der Waals surface area contributed by atoms with Crippen LogP contribution in [-0.2, 0) is 43.1 Å². The van der Waals surface area contributed by atoms with E-state index in [4.69, 9.17) is 16.2 Å². The fraction of sp³-hybridized carbons (Fsp3) is 0.557. The van der Waals surface area contributed by atoms with E-state index < -0.39 is 77.8 Å². The van der Waals surface area contributed by atoms with Crippen molar-refractivity contribution in [2.75, 3.05) is 49.3 Å². The largest absolute Gasteiger partial charge is 0.458 e. The number of nitrogens with two attached hydrogens (primary N) is 2. The number of ketones is 2. The minimum Gasteiger partial charge on any atom is -0.444 e. The number of ether oxygens (including phenoxy) is 1. The Balaban J connectivity index is 0.000000248. The quantitative estimate of drug-likeness (QED) is 0.0383. The Hall–Kier alpha value is -7.73. The highest BCUT2D eigenvalue weighted by atomic mass is 32.1. The topological polar surface area (TPSA) is 311 Å². The number of likely N-dealkylation sites (tertiary alicyclic amines) is 2. The zero-order chi connectivity index (χ0) is 67.1. The average molecular weight is 1320 g/mol. The lowest BCUT2D eigenvalue weighted by Crippen LogP contribution is -2.58. The van der Waals surface area contributed by atoms with Crippen LogP contribution in [0.15, 0.2) is 60.7 Å². The molecule has 4 fully saturated rings. The average Bonchev–Trinajstić information content (AvgIpc) is 1.82. The normalized spacial score (nSPS) is 18.6. The van der Waals surface area contributed by atoms with Crippen LogP contribution in [-0.4, -0.2) is 159 Å². The van der Waals surface area contributed by atoms with Crippen molar-refractivity contribution in [2.45, 2.75) is 179 Å². The fourth-order valence-corrected chi connectivity index (χ4v) is 12.6. The van der Waals surface area contributed by atoms with Gasteiger partial charge in [0.05, 0.1) is 6.04 Å². The first kappa shape index (κ1) is 72.3. The fourth-order valence-electron chi connectivity index (χ4n) is 11.1. The van der Waals surface area contributed by atoms with Crippen LogP contribution in [0.3, 0.4) is 0 Å². The number of carbonyl (C=O) groups excluding carboxylic acids is 9. The molecule has 2 aromatic heterocycles. The summed E-state index contributed by atoms with van der Waals surface area (Å²) in [6.45, 7) is 9.57. The number of halogens is 6. The highest BCUT2D eigenvalue weighted by Crippen LogP contribution is 2.38. The number of nitrogen functional groups attached to an aromatic ring is 2. The van der Waals surface area contributed by atoms with Crippen molar-refractivity contribution in [2.24, 2.45) is 11.8 Å². The number of likely N-dealkylation sites (N-methyl/N-ethyl adjacent to an activating group) is 2. The van der Waals surface area contributed by atoms with E-state index in [9.17, 15) is 69.5 Å². The van der Waals surface area contributed by atoms with Crippen LogP contribution in [0, 0.1) is 11.8 Å². The van der Waals surface area contributed by atoms with Crippen LogP contribution in [0.1, 0.15) is 125 Å². The van der Waals surface area contributed by atoms with E-state index in [-0.39, 0.29) is 41.4 Å². The van der Waals surface area contributed by atoms with E-state index in [1.807, 2.05) is 60.7 Å². The third-order valence-electron chi connectivity index (χ3n) is 16.1. The molecule has 4 heterocycles. The SMILES string of the molecule is CN[C@@H](C)C(=O)N[C@H](C(=O)N1CCC[C@H]1C(=O)Nc1sc(N)nc1-c1ccccc1)C1CCCCC1.C[C@@H](C(=O)N[C@H](C(=O)N1CCC[C@H]1C(=O)Nc1sc(N)nc1-c1ccccc1)C1CCCCC1)N(C)C(=O)OC(C)(C)C.O=C(C(=O)C(F)(F)F)C(F)(F)F. The summed E-state index contributed by atoms with van der Waals surface area (Å²) in [5, 5.41) is 16.7. The molecule has 0 radical (unpaired) electrons. The standard InChI is InChI=1S/C31H44N6O5S.C26H36N6O3S.C4F6O2/c1-19(36(5)30(41)42-31(2,3)4)25(38)33-24(21-15-10-7-11-16-21)28(40)37-18-12-17-22(37)26(39)35-27-23(34-29(32)43-27)20-13-8-6-9-14-20;1-16(28-2)22(33)29-21(18-12-7-4-8-13-18)25(35)32-15-9-14-19(32)23(34)31-24-20(30-26(27)36-24)17-10-5-3-6-11-17;5-3(6,7)1(11)2(12)4(8,9)10/h6,8-9,13-14,19,21-22,24H,7,10-12,15-18H2,1-5H3,(H2,32,34)(H,33,38)(H,35,39);3,5-6,10-11,16,18-19,21,28H,4,7-9,12-15H2,1-2H3,(H2,27,30)(H,29,33)(H,31,34);/t19-,22-,24-;16-,19-,21-;/m00./s1. The number of thiazole rings is 2. The zero-order valence-electron chi connectivity index (χ0n) is 51.8. The van der Waals surface area contributed by atoms with Gasteiger partial charge in [-0.15, -0.1) is 0 Å². The van der Waals surface area contributed by atoms with Gasteiger partial charge in [0.2, 0.25) is 35.4 Å². The van der Waals surface area contributed by atoms with Gasteiger partial charge in [0.25, 0.3) is 0 Å². The number of amides is 7. The molecule has 0 bridgehead atoms. The number of anilines is 4. The molecule has 91 heavy (non-hydrogen) atoms. The van der Waals surface area contributed by atoms with Gasteiger partial charge >= 0.3 is 30.0 Å². The summed E-state index contributed by atoms with van der Waals surface area (Å²) in [5.74, 6) is -8.42. The molecule has 2 aliphatic carbocycles. The van der Waals surface area contributed by atoms with Crippen molar-refractivity contribution in [3.05, 3.63) is 60.7 Å². The van der Waals surface area contributed by atoms with Crippen molar-refractivity contribution in [1.29, 1.82) is 0 Å². The Morgan fingerprint density at radius 1 is 0.582 bits per heavy atom. The molecule has 2 aliphatic heterocycles. The maximum Gasteiger partial charge on any atom is 0.458 e. The summed E-state index contributed by atoms with van der Waals surface area (Å²) in [6.07, 6.45) is -0.00762. The second-order valence-electron chi connectivity index (χ2n) is 23.7. The monoisotopic (exact) mass is 1320 g/mol. The van der Waals surface area contributed by atoms with Gasteiger partial charge in [0.15, 0.2) is 10.3 Å². The molecule has 2 aromatic carbocycles. The molecule has 0 unspecified atom stereocenters. The molecule has 0 spiro atoms. The number of benzene rings is 2. The summed E-state index contributed by atoms with van der Waals surface area (Å²) in [4.78, 5) is 126.